The molecule has 0 unspecified atom stereocenters. The Morgan fingerprint density at radius 2 is 1.60 bits per heavy atom. The fourth-order valence-corrected chi connectivity index (χ4v) is 3.94. The molecule has 0 saturated heterocycles. The van der Waals surface area contributed by atoms with Crippen LogP contribution in [0.3, 0.4) is 0 Å². The van der Waals surface area contributed by atoms with E-state index in [2.05, 4.69) is 5.32 Å². The lowest BCUT2D eigenvalue weighted by Crippen LogP contribution is -2.37. The second-order valence-corrected chi connectivity index (χ2v) is 8.05. The highest BCUT2D eigenvalue weighted by Gasteiger charge is 2.25. The minimum absolute atomic E-state index is 0.194. The van der Waals surface area contributed by atoms with Crippen LogP contribution in [0.15, 0.2) is 47.4 Å². The van der Waals surface area contributed by atoms with Gasteiger partial charge in [-0.3, -0.25) is 4.79 Å². The highest BCUT2D eigenvalue weighted by atomic mass is 32.2. The maximum Gasteiger partial charge on any atom is 0.243 e. The summed E-state index contributed by atoms with van der Waals surface area (Å²) in [5.41, 5.74) is 3.72. The first-order valence-electron chi connectivity index (χ1n) is 8.18. The van der Waals surface area contributed by atoms with E-state index in [1.54, 1.807) is 31.2 Å². The van der Waals surface area contributed by atoms with Crippen LogP contribution in [0.2, 0.25) is 0 Å². The molecule has 2 aromatic rings. The van der Waals surface area contributed by atoms with Gasteiger partial charge in [-0.05, 0) is 44.5 Å². The Kier molecular flexibility index (Phi) is 5.98. The molecule has 0 heterocycles. The van der Waals surface area contributed by atoms with Gasteiger partial charge >= 0.3 is 0 Å². The van der Waals surface area contributed by atoms with Gasteiger partial charge in [0.05, 0.1) is 11.4 Å². The van der Waals surface area contributed by atoms with Crippen molar-refractivity contribution in [2.24, 2.45) is 0 Å². The van der Waals surface area contributed by atoms with Crippen molar-refractivity contribution < 1.29 is 13.2 Å². The third-order valence-corrected chi connectivity index (χ3v) is 5.92. The molecule has 5 nitrogen and oxygen atoms in total. The van der Waals surface area contributed by atoms with Gasteiger partial charge in [0.25, 0.3) is 0 Å². The number of hydrogen-bond donors (Lipinski definition) is 1. The number of carbonyl (C=O) groups is 1. The van der Waals surface area contributed by atoms with Crippen LogP contribution >= 0.6 is 0 Å². The van der Waals surface area contributed by atoms with Crippen LogP contribution in [0.4, 0.5) is 5.69 Å². The molecular formula is C19H24N2O3S. The summed E-state index contributed by atoms with van der Waals surface area (Å²) in [5, 5.41) is 2.79. The van der Waals surface area contributed by atoms with Crippen molar-refractivity contribution in [1.82, 2.24) is 4.31 Å². The number of anilines is 1. The Morgan fingerprint density at radius 3 is 2.16 bits per heavy atom. The maximum absolute atomic E-state index is 12.7. The van der Waals surface area contributed by atoms with E-state index >= 15 is 0 Å². The zero-order valence-corrected chi connectivity index (χ0v) is 15.9. The summed E-state index contributed by atoms with van der Waals surface area (Å²) in [6, 6.07) is 12.3. The van der Waals surface area contributed by atoms with E-state index in [9.17, 15) is 13.2 Å². The number of nitrogens with zero attached hydrogens (tertiary/aromatic N) is 1. The van der Waals surface area contributed by atoms with Crippen molar-refractivity contribution >= 4 is 21.6 Å². The van der Waals surface area contributed by atoms with Gasteiger partial charge < -0.3 is 5.32 Å². The molecule has 0 atom stereocenters. The Balaban J connectivity index is 2.15. The number of benzene rings is 2. The Labute approximate surface area is 149 Å². The second-order valence-electron chi connectivity index (χ2n) is 6.11. The SMILES string of the molecule is CCN(CC(=O)Nc1ccc(C)cc1C)S(=O)(=O)c1ccc(C)cc1. The van der Waals surface area contributed by atoms with Gasteiger partial charge in [-0.15, -0.1) is 0 Å². The van der Waals surface area contributed by atoms with E-state index < -0.39 is 10.0 Å². The smallest absolute Gasteiger partial charge is 0.243 e. The third-order valence-electron chi connectivity index (χ3n) is 3.99. The molecule has 6 heteroatoms. The predicted molar refractivity (Wildman–Crippen MR) is 100 cm³/mol. The van der Waals surface area contributed by atoms with Gasteiger partial charge in [-0.1, -0.05) is 42.3 Å². The highest BCUT2D eigenvalue weighted by molar-refractivity contribution is 7.89. The quantitative estimate of drug-likeness (QED) is 0.860. The van der Waals surface area contributed by atoms with Crippen LogP contribution in [-0.2, 0) is 14.8 Å². The van der Waals surface area contributed by atoms with Crippen LogP contribution in [0.25, 0.3) is 0 Å². The van der Waals surface area contributed by atoms with Crippen LogP contribution in [-0.4, -0.2) is 31.7 Å². The van der Waals surface area contributed by atoms with Crippen molar-refractivity contribution in [3.05, 3.63) is 59.2 Å². The summed E-state index contributed by atoms with van der Waals surface area (Å²) in [7, 11) is -3.70. The first-order chi connectivity index (χ1) is 11.7. The lowest BCUT2D eigenvalue weighted by Gasteiger charge is -2.20. The molecule has 0 aromatic heterocycles. The minimum atomic E-state index is -3.70. The lowest BCUT2D eigenvalue weighted by molar-refractivity contribution is -0.116. The average Bonchev–Trinajstić information content (AvgIpc) is 2.55. The maximum atomic E-state index is 12.7. The summed E-state index contributed by atoms with van der Waals surface area (Å²) in [6.07, 6.45) is 0. The van der Waals surface area contributed by atoms with Gasteiger partial charge in [-0.25, -0.2) is 8.42 Å². The van der Waals surface area contributed by atoms with Crippen molar-refractivity contribution in [1.29, 1.82) is 0 Å². The number of nitrogens with one attached hydrogen (secondary N) is 1. The number of likely N-dealkylation sites (N-methyl/N-ethyl adjacent to an activating group) is 1. The molecule has 0 spiro atoms. The second kappa shape index (κ2) is 7.80. The highest BCUT2D eigenvalue weighted by Crippen LogP contribution is 2.18. The summed E-state index contributed by atoms with van der Waals surface area (Å²) in [5.74, 6) is -0.357. The van der Waals surface area contributed by atoms with Crippen molar-refractivity contribution in [3.8, 4) is 0 Å². The van der Waals surface area contributed by atoms with Gasteiger partial charge in [0, 0.05) is 12.2 Å². The van der Waals surface area contributed by atoms with E-state index in [1.165, 1.54) is 4.31 Å². The first-order valence-corrected chi connectivity index (χ1v) is 9.62. The molecule has 0 aliphatic carbocycles. The normalized spacial score (nSPS) is 11.6. The number of hydrogen-bond acceptors (Lipinski definition) is 3. The molecule has 25 heavy (non-hydrogen) atoms. The number of sulfonamides is 1. The summed E-state index contributed by atoms with van der Waals surface area (Å²) >= 11 is 0. The molecule has 0 bridgehead atoms. The molecule has 0 aliphatic heterocycles. The Hall–Kier alpha value is -2.18. The monoisotopic (exact) mass is 360 g/mol. The van der Waals surface area contributed by atoms with E-state index in [0.29, 0.717) is 5.69 Å². The van der Waals surface area contributed by atoms with Gasteiger partial charge in [0.15, 0.2) is 0 Å². The Morgan fingerprint density at radius 1 is 1.00 bits per heavy atom. The molecule has 134 valence electrons. The van der Waals surface area contributed by atoms with Crippen molar-refractivity contribution in [2.75, 3.05) is 18.4 Å². The minimum Gasteiger partial charge on any atom is -0.325 e. The van der Waals surface area contributed by atoms with E-state index in [-0.39, 0.29) is 23.9 Å². The summed E-state index contributed by atoms with van der Waals surface area (Å²) in [6.45, 7) is 7.49. The van der Waals surface area contributed by atoms with Gasteiger partial charge in [-0.2, -0.15) is 4.31 Å². The van der Waals surface area contributed by atoms with Gasteiger partial charge in [0.1, 0.15) is 0 Å². The molecule has 1 N–H and O–H groups in total. The zero-order valence-electron chi connectivity index (χ0n) is 15.0. The third kappa shape index (κ3) is 4.67. The van der Waals surface area contributed by atoms with E-state index in [1.807, 2.05) is 39.0 Å². The van der Waals surface area contributed by atoms with Gasteiger partial charge in [0.2, 0.25) is 15.9 Å². The first kappa shape index (κ1) is 19.1. The van der Waals surface area contributed by atoms with E-state index in [4.69, 9.17) is 0 Å². The summed E-state index contributed by atoms with van der Waals surface area (Å²) < 4.78 is 26.6. The number of aryl methyl sites for hydroxylation is 3. The van der Waals surface area contributed by atoms with Crippen molar-refractivity contribution in [3.63, 3.8) is 0 Å². The predicted octanol–water partition coefficient (Wildman–Crippen LogP) is 3.26. The standard InChI is InChI=1S/C19H24N2O3S/c1-5-21(25(23,24)17-9-6-14(2)7-10-17)13-19(22)20-18-11-8-15(3)12-16(18)4/h6-12H,5,13H2,1-4H3,(H,20,22). The fraction of sp³-hybridized carbons (Fsp3) is 0.316. The number of amides is 1. The van der Waals surface area contributed by atoms with Crippen LogP contribution in [0.1, 0.15) is 23.6 Å². The molecule has 0 saturated carbocycles. The lowest BCUT2D eigenvalue weighted by atomic mass is 10.1. The number of carbonyl (C=O) groups excluding carboxylic acids is 1. The molecule has 0 fully saturated rings. The zero-order chi connectivity index (χ0) is 18.6. The molecule has 0 aliphatic rings. The molecular weight excluding hydrogens is 336 g/mol. The fourth-order valence-electron chi connectivity index (χ4n) is 2.53. The number of rotatable bonds is 6. The molecule has 1 amide bonds. The van der Waals surface area contributed by atoms with Crippen LogP contribution in [0, 0.1) is 20.8 Å². The average molecular weight is 360 g/mol. The molecule has 2 aromatic carbocycles. The Bertz CT molecular complexity index is 859. The van der Waals surface area contributed by atoms with Crippen LogP contribution in [0.5, 0.6) is 0 Å². The summed E-state index contributed by atoms with van der Waals surface area (Å²) in [4.78, 5) is 12.5. The van der Waals surface area contributed by atoms with Crippen LogP contribution < -0.4 is 5.32 Å². The topological polar surface area (TPSA) is 66.5 Å². The molecule has 0 radical (unpaired) electrons. The van der Waals surface area contributed by atoms with E-state index in [0.717, 1.165) is 16.7 Å². The van der Waals surface area contributed by atoms with Crippen molar-refractivity contribution in [2.45, 2.75) is 32.6 Å². The molecule has 2 rings (SSSR count). The largest absolute Gasteiger partial charge is 0.325 e.